The maximum absolute atomic E-state index is 11.8. The molecular weight excluding hydrogens is 493 g/mol. The largest absolute Gasteiger partial charge is 0.488 e. The fourth-order valence-corrected chi connectivity index (χ4v) is 4.38. The van der Waals surface area contributed by atoms with Crippen LogP contribution in [-0.4, -0.2) is 25.4 Å². The van der Waals surface area contributed by atoms with Crippen molar-refractivity contribution in [2.75, 3.05) is 11.6 Å². The Morgan fingerprint density at radius 2 is 1.79 bits per heavy atom. The lowest BCUT2D eigenvalue weighted by molar-refractivity contribution is 0.307. The number of halogens is 2. The minimum atomic E-state index is -2.64. The van der Waals surface area contributed by atoms with Crippen LogP contribution in [0.3, 0.4) is 0 Å². The fourth-order valence-electron chi connectivity index (χ4n) is 3.24. The minimum Gasteiger partial charge on any atom is -0.488 e. The number of nitrogens with zero attached hydrogens (tertiary/aromatic N) is 3. The Bertz CT molecular complexity index is 1430. The highest BCUT2D eigenvalue weighted by molar-refractivity contribution is 7.90. The van der Waals surface area contributed by atoms with Gasteiger partial charge in [-0.3, -0.25) is 4.78 Å². The molecule has 0 saturated carbocycles. The third-order valence-electron chi connectivity index (χ3n) is 4.70. The molecule has 0 spiro atoms. The van der Waals surface area contributed by atoms with Gasteiger partial charge in [-0.1, -0.05) is 53.5 Å². The first-order valence-electron chi connectivity index (χ1n) is 10.2. The number of benzene rings is 3. The Hall–Kier alpha value is -3.20. The van der Waals surface area contributed by atoms with Crippen LogP contribution in [0.2, 0.25) is 10.0 Å². The Morgan fingerprint density at radius 3 is 2.59 bits per heavy atom. The number of aromatic nitrogens is 3. The van der Waals surface area contributed by atoms with E-state index in [1.54, 1.807) is 12.1 Å². The molecule has 1 atom stereocenters. The van der Waals surface area contributed by atoms with E-state index in [-0.39, 0.29) is 5.75 Å². The first kappa shape index (κ1) is 23.9. The summed E-state index contributed by atoms with van der Waals surface area (Å²) in [5.74, 6) is 1.58. The van der Waals surface area contributed by atoms with E-state index < -0.39 is 9.73 Å². The SMILES string of the molecule is CS(=N)(=O)Cc1cccc(Nc2ncnc(-c3ccccc3OCc3ccc(Cl)c(Cl)c3)n2)c1. The Kier molecular flexibility index (Phi) is 7.31. The predicted octanol–water partition coefficient (Wildman–Crippen LogP) is 6.34. The maximum atomic E-state index is 11.8. The first-order valence-corrected chi connectivity index (χ1v) is 13.1. The van der Waals surface area contributed by atoms with E-state index in [0.717, 1.165) is 16.8 Å². The molecule has 7 nitrogen and oxygen atoms in total. The van der Waals surface area contributed by atoms with Gasteiger partial charge in [-0.2, -0.15) is 4.98 Å². The molecule has 1 heterocycles. The highest BCUT2D eigenvalue weighted by Gasteiger charge is 2.11. The van der Waals surface area contributed by atoms with Crippen molar-refractivity contribution in [2.24, 2.45) is 0 Å². The lowest BCUT2D eigenvalue weighted by Gasteiger charge is -2.12. The third-order valence-corrected chi connectivity index (χ3v) is 6.33. The van der Waals surface area contributed by atoms with Gasteiger partial charge < -0.3 is 10.1 Å². The highest BCUT2D eigenvalue weighted by atomic mass is 35.5. The fraction of sp³-hybridized carbons (Fsp3) is 0.125. The molecule has 0 fully saturated rings. The van der Waals surface area contributed by atoms with Crippen molar-refractivity contribution in [2.45, 2.75) is 12.4 Å². The van der Waals surface area contributed by atoms with E-state index in [1.165, 1.54) is 12.6 Å². The minimum absolute atomic E-state index is 0.175. The zero-order valence-electron chi connectivity index (χ0n) is 18.2. The summed E-state index contributed by atoms with van der Waals surface area (Å²) < 4.78 is 25.5. The summed E-state index contributed by atoms with van der Waals surface area (Å²) in [6.45, 7) is 0.299. The van der Waals surface area contributed by atoms with Crippen LogP contribution in [0.25, 0.3) is 11.4 Å². The molecule has 0 aliphatic carbocycles. The summed E-state index contributed by atoms with van der Waals surface area (Å²) in [5, 5.41) is 4.10. The van der Waals surface area contributed by atoms with Crippen LogP contribution >= 0.6 is 23.2 Å². The van der Waals surface area contributed by atoms with Crippen LogP contribution in [0.15, 0.2) is 73.1 Å². The summed E-state index contributed by atoms with van der Waals surface area (Å²) in [4.78, 5) is 13.1. The molecule has 0 amide bonds. The molecule has 1 unspecified atom stereocenters. The van der Waals surface area contributed by atoms with Crippen molar-refractivity contribution in [3.63, 3.8) is 0 Å². The van der Waals surface area contributed by atoms with E-state index in [1.807, 2.05) is 54.6 Å². The van der Waals surface area contributed by atoms with Crippen LogP contribution < -0.4 is 10.1 Å². The second-order valence-corrected chi connectivity index (χ2v) is 10.8. The van der Waals surface area contributed by atoms with E-state index in [2.05, 4.69) is 20.3 Å². The molecule has 174 valence electrons. The monoisotopic (exact) mass is 513 g/mol. The number of nitrogens with one attached hydrogen (secondary N) is 2. The lowest BCUT2D eigenvalue weighted by atomic mass is 10.2. The second kappa shape index (κ2) is 10.4. The maximum Gasteiger partial charge on any atom is 0.230 e. The molecule has 0 aliphatic rings. The highest BCUT2D eigenvalue weighted by Crippen LogP contribution is 2.29. The van der Waals surface area contributed by atoms with Crippen molar-refractivity contribution in [1.29, 1.82) is 4.78 Å². The summed E-state index contributed by atoms with van der Waals surface area (Å²) in [5.41, 5.74) is 3.11. The number of para-hydroxylation sites is 1. The smallest absolute Gasteiger partial charge is 0.230 e. The molecule has 4 rings (SSSR count). The van der Waals surface area contributed by atoms with Gasteiger partial charge in [0.2, 0.25) is 5.95 Å². The Labute approximate surface area is 208 Å². The van der Waals surface area contributed by atoms with Crippen LogP contribution in [0.4, 0.5) is 11.6 Å². The molecule has 0 saturated heterocycles. The number of ether oxygens (including phenoxy) is 1. The van der Waals surface area contributed by atoms with Crippen molar-refractivity contribution in [3.05, 3.63) is 94.2 Å². The molecule has 34 heavy (non-hydrogen) atoms. The zero-order valence-corrected chi connectivity index (χ0v) is 20.5. The van der Waals surface area contributed by atoms with E-state index in [4.69, 9.17) is 32.7 Å². The number of rotatable bonds is 8. The van der Waals surface area contributed by atoms with Crippen molar-refractivity contribution >= 4 is 44.6 Å². The van der Waals surface area contributed by atoms with Gasteiger partial charge >= 0.3 is 0 Å². The van der Waals surface area contributed by atoms with E-state index >= 15 is 0 Å². The Morgan fingerprint density at radius 1 is 0.971 bits per heavy atom. The number of anilines is 2. The summed E-state index contributed by atoms with van der Waals surface area (Å²) in [6, 6.07) is 20.2. The van der Waals surface area contributed by atoms with Crippen molar-refractivity contribution < 1.29 is 8.95 Å². The zero-order chi connectivity index (χ0) is 24.1. The topological polar surface area (TPSA) is 101 Å². The number of hydrogen-bond acceptors (Lipinski definition) is 7. The van der Waals surface area contributed by atoms with Gasteiger partial charge in [0.1, 0.15) is 18.7 Å². The molecular formula is C24H21Cl2N5O2S. The predicted molar refractivity (Wildman–Crippen MR) is 136 cm³/mol. The van der Waals surface area contributed by atoms with Gasteiger partial charge in [0.15, 0.2) is 5.82 Å². The Balaban J connectivity index is 1.54. The summed E-state index contributed by atoms with van der Waals surface area (Å²) in [7, 11) is -2.64. The first-order chi connectivity index (χ1) is 16.3. The molecule has 2 N–H and O–H groups in total. The molecule has 3 aromatic carbocycles. The van der Waals surface area contributed by atoms with Crippen LogP contribution in [-0.2, 0) is 22.1 Å². The quantitative estimate of drug-likeness (QED) is 0.284. The average Bonchev–Trinajstić information content (AvgIpc) is 2.79. The van der Waals surface area contributed by atoms with Crippen LogP contribution in [0, 0.1) is 4.78 Å². The second-order valence-electron chi connectivity index (χ2n) is 7.64. The van der Waals surface area contributed by atoms with Gasteiger partial charge in [0, 0.05) is 21.7 Å². The normalized spacial score (nSPS) is 12.7. The molecule has 4 aromatic rings. The van der Waals surface area contributed by atoms with Crippen LogP contribution in [0.1, 0.15) is 11.1 Å². The summed E-state index contributed by atoms with van der Waals surface area (Å²) >= 11 is 12.1. The third kappa shape index (κ3) is 6.44. The molecule has 1 aromatic heterocycles. The van der Waals surface area contributed by atoms with Crippen LogP contribution in [0.5, 0.6) is 5.75 Å². The molecule has 0 radical (unpaired) electrons. The van der Waals surface area contributed by atoms with Gasteiger partial charge in [-0.05, 0) is 47.5 Å². The van der Waals surface area contributed by atoms with Crippen molar-refractivity contribution in [3.8, 4) is 17.1 Å². The van der Waals surface area contributed by atoms with Crippen molar-refractivity contribution in [1.82, 2.24) is 15.0 Å². The summed E-state index contributed by atoms with van der Waals surface area (Å²) in [6.07, 6.45) is 2.85. The standard InChI is InChI=1S/C24H21Cl2N5O2S/c1-34(27,32)14-17-5-4-6-18(11-17)30-24-29-15-28-23(31-24)19-7-2-3-8-22(19)33-13-16-9-10-20(25)21(26)12-16/h2-12,15,27H,13-14H2,1H3,(H,28,29,30,31). The number of hydrogen-bond donors (Lipinski definition) is 2. The van der Waals surface area contributed by atoms with E-state index in [0.29, 0.717) is 39.7 Å². The average molecular weight is 514 g/mol. The molecule has 0 bridgehead atoms. The van der Waals surface area contributed by atoms with Gasteiger partial charge in [0.05, 0.1) is 21.4 Å². The molecule has 10 heteroatoms. The van der Waals surface area contributed by atoms with Gasteiger partial charge in [-0.25, -0.2) is 14.2 Å². The van der Waals surface area contributed by atoms with E-state index in [9.17, 15) is 4.21 Å². The molecule has 0 aliphatic heterocycles. The van der Waals surface area contributed by atoms with Gasteiger partial charge in [0.25, 0.3) is 0 Å². The van der Waals surface area contributed by atoms with Gasteiger partial charge in [-0.15, -0.1) is 0 Å². The lowest BCUT2D eigenvalue weighted by Crippen LogP contribution is -2.03.